The molecule has 0 saturated heterocycles. The van der Waals surface area contributed by atoms with Gasteiger partial charge in [-0.1, -0.05) is 21.1 Å². The average molecular weight is 269 g/mol. The predicted octanol–water partition coefficient (Wildman–Crippen LogP) is 2.10. The molecule has 1 heterocycles. The number of tetrazole rings is 1. The van der Waals surface area contributed by atoms with Gasteiger partial charge in [0.15, 0.2) is 6.10 Å². The Balaban J connectivity index is 2.06. The minimum absolute atomic E-state index is 0.218. The smallest absolute Gasteiger partial charge is 0.214 e. The number of hydrogen-bond donors (Lipinski definition) is 1. The SMILES string of the molecule is C[C@H](Oc1ccc(Br)cc1)c1nn[nH]n1. The molecule has 1 aromatic carbocycles. The highest BCUT2D eigenvalue weighted by molar-refractivity contribution is 9.10. The zero-order valence-corrected chi connectivity index (χ0v) is 9.60. The molecule has 0 amide bonds. The molecule has 78 valence electrons. The van der Waals surface area contributed by atoms with E-state index in [0.29, 0.717) is 5.82 Å². The number of benzene rings is 1. The molecule has 1 aromatic heterocycles. The Bertz CT molecular complexity index is 414. The second kappa shape index (κ2) is 4.39. The van der Waals surface area contributed by atoms with Gasteiger partial charge in [-0.3, -0.25) is 0 Å². The van der Waals surface area contributed by atoms with Gasteiger partial charge in [0.05, 0.1) is 0 Å². The molecule has 0 bridgehead atoms. The van der Waals surface area contributed by atoms with Crippen LogP contribution in [0.5, 0.6) is 5.75 Å². The summed E-state index contributed by atoms with van der Waals surface area (Å²) in [5.41, 5.74) is 0. The molecule has 5 nitrogen and oxygen atoms in total. The molecule has 0 aliphatic carbocycles. The van der Waals surface area contributed by atoms with Crippen molar-refractivity contribution in [2.24, 2.45) is 0 Å². The van der Waals surface area contributed by atoms with Crippen molar-refractivity contribution in [3.8, 4) is 5.75 Å². The Hall–Kier alpha value is -1.43. The van der Waals surface area contributed by atoms with E-state index in [9.17, 15) is 0 Å². The summed E-state index contributed by atoms with van der Waals surface area (Å²) in [6.45, 7) is 1.87. The van der Waals surface area contributed by atoms with Crippen LogP contribution in [0, 0.1) is 0 Å². The Labute approximate surface area is 95.0 Å². The van der Waals surface area contributed by atoms with Crippen molar-refractivity contribution in [3.05, 3.63) is 34.6 Å². The zero-order chi connectivity index (χ0) is 10.7. The Kier molecular flexibility index (Phi) is 2.96. The molecule has 0 aliphatic rings. The molecule has 2 rings (SSSR count). The van der Waals surface area contributed by atoms with Gasteiger partial charge in [-0.25, -0.2) is 0 Å². The van der Waals surface area contributed by atoms with Crippen LogP contribution in [-0.2, 0) is 0 Å². The fourth-order valence-electron chi connectivity index (χ4n) is 1.11. The van der Waals surface area contributed by atoms with Gasteiger partial charge < -0.3 is 4.74 Å². The van der Waals surface area contributed by atoms with Gasteiger partial charge >= 0.3 is 0 Å². The Morgan fingerprint density at radius 2 is 2.07 bits per heavy atom. The Morgan fingerprint density at radius 1 is 1.33 bits per heavy atom. The molecular weight excluding hydrogens is 260 g/mol. The van der Waals surface area contributed by atoms with Crippen LogP contribution in [0.4, 0.5) is 0 Å². The van der Waals surface area contributed by atoms with Crippen LogP contribution < -0.4 is 4.74 Å². The summed E-state index contributed by atoms with van der Waals surface area (Å²) in [6, 6.07) is 7.58. The second-order valence-corrected chi connectivity index (χ2v) is 3.90. The molecule has 1 N–H and O–H groups in total. The van der Waals surface area contributed by atoms with E-state index >= 15 is 0 Å². The molecular formula is C9H9BrN4O. The van der Waals surface area contributed by atoms with Gasteiger partial charge in [0.25, 0.3) is 0 Å². The van der Waals surface area contributed by atoms with E-state index in [1.54, 1.807) is 0 Å². The second-order valence-electron chi connectivity index (χ2n) is 2.98. The van der Waals surface area contributed by atoms with Gasteiger partial charge in [-0.15, -0.1) is 10.2 Å². The van der Waals surface area contributed by atoms with E-state index in [0.717, 1.165) is 10.2 Å². The van der Waals surface area contributed by atoms with Crippen molar-refractivity contribution in [1.82, 2.24) is 20.6 Å². The molecule has 15 heavy (non-hydrogen) atoms. The van der Waals surface area contributed by atoms with Crippen LogP contribution in [0.2, 0.25) is 0 Å². The van der Waals surface area contributed by atoms with Gasteiger partial charge in [0.1, 0.15) is 5.75 Å². The fourth-order valence-corrected chi connectivity index (χ4v) is 1.38. The van der Waals surface area contributed by atoms with Crippen LogP contribution in [0.3, 0.4) is 0 Å². The monoisotopic (exact) mass is 268 g/mol. The van der Waals surface area contributed by atoms with E-state index in [-0.39, 0.29) is 6.10 Å². The third kappa shape index (κ3) is 2.53. The summed E-state index contributed by atoms with van der Waals surface area (Å²) in [5, 5.41) is 13.6. The van der Waals surface area contributed by atoms with Gasteiger partial charge in [-0.2, -0.15) is 5.21 Å². The van der Waals surface area contributed by atoms with Crippen molar-refractivity contribution in [2.45, 2.75) is 13.0 Å². The number of aromatic nitrogens is 4. The lowest BCUT2D eigenvalue weighted by Gasteiger charge is -2.10. The van der Waals surface area contributed by atoms with Crippen molar-refractivity contribution in [2.75, 3.05) is 0 Å². The molecule has 6 heteroatoms. The fraction of sp³-hybridized carbons (Fsp3) is 0.222. The van der Waals surface area contributed by atoms with Gasteiger partial charge in [-0.05, 0) is 31.2 Å². The molecule has 0 unspecified atom stereocenters. The largest absolute Gasteiger partial charge is 0.483 e. The minimum atomic E-state index is -0.218. The lowest BCUT2D eigenvalue weighted by molar-refractivity contribution is 0.216. The quantitative estimate of drug-likeness (QED) is 0.926. The van der Waals surface area contributed by atoms with Crippen molar-refractivity contribution in [3.63, 3.8) is 0 Å². The summed E-state index contributed by atoms with van der Waals surface area (Å²) in [5.74, 6) is 1.31. The van der Waals surface area contributed by atoms with Crippen LogP contribution in [0.25, 0.3) is 0 Å². The lowest BCUT2D eigenvalue weighted by atomic mass is 10.3. The van der Waals surface area contributed by atoms with Crippen LogP contribution >= 0.6 is 15.9 Å². The molecule has 1 atom stereocenters. The number of nitrogens with one attached hydrogen (secondary N) is 1. The van der Waals surface area contributed by atoms with E-state index in [2.05, 4.69) is 36.6 Å². The van der Waals surface area contributed by atoms with Crippen LogP contribution in [0.1, 0.15) is 18.9 Å². The van der Waals surface area contributed by atoms with E-state index in [1.165, 1.54) is 0 Å². The van der Waals surface area contributed by atoms with E-state index in [1.807, 2.05) is 31.2 Å². The molecule has 0 fully saturated rings. The lowest BCUT2D eigenvalue weighted by Crippen LogP contribution is -2.05. The molecule has 0 aliphatic heterocycles. The summed E-state index contributed by atoms with van der Waals surface area (Å²) >= 11 is 3.36. The number of ether oxygens (including phenoxy) is 1. The Morgan fingerprint density at radius 3 is 2.67 bits per heavy atom. The first-order chi connectivity index (χ1) is 7.25. The summed E-state index contributed by atoms with van der Waals surface area (Å²) in [4.78, 5) is 0. The maximum atomic E-state index is 5.61. The molecule has 2 aromatic rings. The van der Waals surface area contributed by atoms with Crippen molar-refractivity contribution >= 4 is 15.9 Å². The third-order valence-electron chi connectivity index (χ3n) is 1.85. The van der Waals surface area contributed by atoms with Gasteiger partial charge in [0.2, 0.25) is 5.82 Å². The number of halogens is 1. The molecule has 0 spiro atoms. The number of H-pyrrole nitrogens is 1. The number of rotatable bonds is 3. The first kappa shape index (κ1) is 10.1. The van der Waals surface area contributed by atoms with Crippen LogP contribution in [-0.4, -0.2) is 20.6 Å². The normalized spacial score (nSPS) is 12.4. The maximum absolute atomic E-state index is 5.61. The summed E-state index contributed by atoms with van der Waals surface area (Å²) in [6.07, 6.45) is -0.218. The van der Waals surface area contributed by atoms with E-state index in [4.69, 9.17) is 4.74 Å². The summed E-state index contributed by atoms with van der Waals surface area (Å²) in [7, 11) is 0. The highest BCUT2D eigenvalue weighted by atomic mass is 79.9. The number of aromatic amines is 1. The zero-order valence-electron chi connectivity index (χ0n) is 8.01. The highest BCUT2D eigenvalue weighted by Crippen LogP contribution is 2.20. The summed E-state index contributed by atoms with van der Waals surface area (Å²) < 4.78 is 6.62. The highest BCUT2D eigenvalue weighted by Gasteiger charge is 2.11. The first-order valence-electron chi connectivity index (χ1n) is 4.41. The number of hydrogen-bond acceptors (Lipinski definition) is 4. The number of nitrogens with zero attached hydrogens (tertiary/aromatic N) is 3. The van der Waals surface area contributed by atoms with Gasteiger partial charge in [0, 0.05) is 4.47 Å². The third-order valence-corrected chi connectivity index (χ3v) is 2.38. The maximum Gasteiger partial charge on any atom is 0.214 e. The van der Waals surface area contributed by atoms with Crippen molar-refractivity contribution < 1.29 is 4.74 Å². The molecule has 0 saturated carbocycles. The van der Waals surface area contributed by atoms with Crippen molar-refractivity contribution in [1.29, 1.82) is 0 Å². The minimum Gasteiger partial charge on any atom is -0.483 e. The van der Waals surface area contributed by atoms with Crippen LogP contribution in [0.15, 0.2) is 28.7 Å². The molecule has 0 radical (unpaired) electrons. The first-order valence-corrected chi connectivity index (χ1v) is 5.20. The predicted molar refractivity (Wildman–Crippen MR) is 57.4 cm³/mol. The van der Waals surface area contributed by atoms with E-state index < -0.39 is 0 Å². The average Bonchev–Trinajstić information content (AvgIpc) is 2.74. The standard InChI is InChI=1S/C9H9BrN4O/c1-6(9-11-13-14-12-9)15-8-4-2-7(10)3-5-8/h2-6H,1H3,(H,11,12,13,14)/t6-/m0/s1. The topological polar surface area (TPSA) is 63.7 Å².